The molecule has 26 heavy (non-hydrogen) atoms. The number of halogens is 3. The molecule has 0 unspecified atom stereocenters. The molecule has 0 aliphatic rings. The first-order valence-corrected chi connectivity index (χ1v) is 8.36. The summed E-state index contributed by atoms with van der Waals surface area (Å²) in [6.07, 6.45) is -4.31. The summed E-state index contributed by atoms with van der Waals surface area (Å²) in [5, 5.41) is 3.13. The number of benzene rings is 1. The number of pyridine rings is 1. The van der Waals surface area contributed by atoms with E-state index in [0.717, 1.165) is 11.1 Å². The standard InChI is InChI=1S/C19H23F3N2O2/c1-6-26-17(25)15-7-11(2)13-8-12(23-10-19(20,21)22)9-14(16(13)24-15)18(3,4)5/h7-9,23H,6,10H2,1-5H3. The van der Waals surface area contributed by atoms with Crippen molar-refractivity contribution in [3.63, 3.8) is 0 Å². The number of carbonyl (C=O) groups excluding carboxylic acids is 1. The molecule has 2 aromatic rings. The first kappa shape index (κ1) is 20.0. The average molecular weight is 368 g/mol. The Morgan fingerprint density at radius 2 is 1.85 bits per heavy atom. The third-order valence-corrected chi connectivity index (χ3v) is 3.91. The van der Waals surface area contributed by atoms with E-state index in [1.807, 2.05) is 20.8 Å². The smallest absolute Gasteiger partial charge is 0.405 e. The molecule has 1 N–H and O–H groups in total. The van der Waals surface area contributed by atoms with Crippen molar-refractivity contribution in [3.05, 3.63) is 35.0 Å². The van der Waals surface area contributed by atoms with Gasteiger partial charge in [0.2, 0.25) is 0 Å². The van der Waals surface area contributed by atoms with Gasteiger partial charge in [-0.15, -0.1) is 0 Å². The predicted octanol–water partition coefficient (Wildman–Crippen LogP) is 4.99. The van der Waals surface area contributed by atoms with Crippen LogP contribution in [0.25, 0.3) is 10.9 Å². The monoisotopic (exact) mass is 368 g/mol. The molecule has 1 heterocycles. The lowest BCUT2D eigenvalue weighted by Gasteiger charge is -2.23. The van der Waals surface area contributed by atoms with Gasteiger partial charge in [0.1, 0.15) is 12.2 Å². The Hall–Kier alpha value is -2.31. The maximum absolute atomic E-state index is 12.6. The normalized spacial score (nSPS) is 12.3. The molecule has 7 heteroatoms. The molecule has 0 amide bonds. The molecule has 0 radical (unpaired) electrons. The fourth-order valence-electron chi connectivity index (χ4n) is 2.68. The molecule has 0 saturated carbocycles. The van der Waals surface area contributed by atoms with E-state index in [4.69, 9.17) is 4.74 Å². The zero-order valence-corrected chi connectivity index (χ0v) is 15.5. The van der Waals surface area contributed by atoms with Crippen molar-refractivity contribution in [1.82, 2.24) is 4.98 Å². The van der Waals surface area contributed by atoms with Crippen LogP contribution in [0.4, 0.5) is 18.9 Å². The number of anilines is 1. The van der Waals surface area contributed by atoms with Gasteiger partial charge in [0, 0.05) is 11.1 Å². The predicted molar refractivity (Wildman–Crippen MR) is 95.7 cm³/mol. The van der Waals surface area contributed by atoms with E-state index >= 15 is 0 Å². The number of alkyl halides is 3. The zero-order valence-electron chi connectivity index (χ0n) is 15.5. The van der Waals surface area contributed by atoms with Crippen molar-refractivity contribution in [2.24, 2.45) is 0 Å². The molecule has 1 aromatic carbocycles. The molecule has 0 saturated heterocycles. The van der Waals surface area contributed by atoms with E-state index in [2.05, 4.69) is 10.3 Å². The third kappa shape index (κ3) is 4.65. The SMILES string of the molecule is CCOC(=O)c1cc(C)c2cc(NCC(F)(F)F)cc(C(C)(C)C)c2n1. The number of esters is 1. The summed E-state index contributed by atoms with van der Waals surface area (Å²) in [4.78, 5) is 16.5. The maximum atomic E-state index is 12.6. The fraction of sp³-hybridized carbons (Fsp3) is 0.474. The summed E-state index contributed by atoms with van der Waals surface area (Å²) in [5.41, 5.74) is 2.29. The maximum Gasteiger partial charge on any atom is 0.405 e. The molecule has 4 nitrogen and oxygen atoms in total. The Labute approximate surface area is 150 Å². The Balaban J connectivity index is 2.64. The van der Waals surface area contributed by atoms with Gasteiger partial charge in [-0.2, -0.15) is 13.2 Å². The van der Waals surface area contributed by atoms with Crippen molar-refractivity contribution in [1.29, 1.82) is 0 Å². The van der Waals surface area contributed by atoms with E-state index < -0.39 is 18.7 Å². The number of nitrogens with zero attached hydrogens (tertiary/aromatic N) is 1. The number of ether oxygens (including phenoxy) is 1. The fourth-order valence-corrected chi connectivity index (χ4v) is 2.68. The second-order valence-corrected chi connectivity index (χ2v) is 7.18. The highest BCUT2D eigenvalue weighted by Crippen LogP contribution is 2.34. The van der Waals surface area contributed by atoms with Crippen LogP contribution in [-0.2, 0) is 10.2 Å². The molecular weight excluding hydrogens is 345 g/mol. The van der Waals surface area contributed by atoms with Crippen LogP contribution in [0, 0.1) is 6.92 Å². The molecule has 0 atom stereocenters. The lowest BCUT2D eigenvalue weighted by molar-refractivity contribution is -0.115. The van der Waals surface area contributed by atoms with Crippen molar-refractivity contribution < 1.29 is 22.7 Å². The van der Waals surface area contributed by atoms with E-state index in [0.29, 0.717) is 16.6 Å². The second kappa shape index (κ2) is 7.13. The average Bonchev–Trinajstić information content (AvgIpc) is 2.51. The molecule has 1 aromatic heterocycles. The molecule has 0 aliphatic heterocycles. The van der Waals surface area contributed by atoms with Gasteiger partial charge in [0.05, 0.1) is 12.1 Å². The van der Waals surface area contributed by atoms with Gasteiger partial charge >= 0.3 is 12.1 Å². The first-order chi connectivity index (χ1) is 11.9. The minimum atomic E-state index is -4.31. The number of hydrogen-bond donors (Lipinski definition) is 1. The largest absolute Gasteiger partial charge is 0.461 e. The number of rotatable bonds is 4. The van der Waals surface area contributed by atoms with Crippen molar-refractivity contribution in [3.8, 4) is 0 Å². The van der Waals surface area contributed by atoms with Crippen LogP contribution in [0.5, 0.6) is 0 Å². The van der Waals surface area contributed by atoms with Gasteiger partial charge in [-0.25, -0.2) is 9.78 Å². The molecule has 0 spiro atoms. The molecule has 142 valence electrons. The van der Waals surface area contributed by atoms with Gasteiger partial charge in [-0.05, 0) is 48.6 Å². The van der Waals surface area contributed by atoms with E-state index in [1.165, 1.54) is 0 Å². The summed E-state index contributed by atoms with van der Waals surface area (Å²) < 4.78 is 42.7. The van der Waals surface area contributed by atoms with Crippen LogP contribution in [-0.4, -0.2) is 30.3 Å². The molecule has 2 rings (SSSR count). The highest BCUT2D eigenvalue weighted by Gasteiger charge is 2.27. The van der Waals surface area contributed by atoms with Gasteiger partial charge < -0.3 is 10.1 Å². The van der Waals surface area contributed by atoms with Crippen molar-refractivity contribution >= 4 is 22.6 Å². The minimum absolute atomic E-state index is 0.193. The molecule has 0 fully saturated rings. The quantitative estimate of drug-likeness (QED) is 0.773. The van der Waals surface area contributed by atoms with Crippen LogP contribution >= 0.6 is 0 Å². The van der Waals surface area contributed by atoms with E-state index in [9.17, 15) is 18.0 Å². The summed E-state index contributed by atoms with van der Waals surface area (Å²) in [5.74, 6) is -0.517. The lowest BCUT2D eigenvalue weighted by atomic mass is 9.84. The van der Waals surface area contributed by atoms with Gasteiger partial charge in [-0.3, -0.25) is 0 Å². The first-order valence-electron chi connectivity index (χ1n) is 8.36. The summed E-state index contributed by atoms with van der Waals surface area (Å²) >= 11 is 0. The number of hydrogen-bond acceptors (Lipinski definition) is 4. The highest BCUT2D eigenvalue weighted by atomic mass is 19.4. The lowest BCUT2D eigenvalue weighted by Crippen LogP contribution is -2.22. The number of aromatic nitrogens is 1. The number of aryl methyl sites for hydroxylation is 1. The Kier molecular flexibility index (Phi) is 5.49. The van der Waals surface area contributed by atoms with E-state index in [1.54, 1.807) is 32.0 Å². The van der Waals surface area contributed by atoms with Crippen molar-refractivity contribution in [2.45, 2.75) is 46.2 Å². The Morgan fingerprint density at radius 1 is 1.19 bits per heavy atom. The van der Waals surface area contributed by atoms with E-state index in [-0.39, 0.29) is 17.7 Å². The molecule has 0 bridgehead atoms. The van der Waals surface area contributed by atoms with Crippen LogP contribution in [0.3, 0.4) is 0 Å². The number of fused-ring (bicyclic) bond motifs is 1. The Morgan fingerprint density at radius 3 is 2.38 bits per heavy atom. The van der Waals surface area contributed by atoms with Crippen LogP contribution in [0.2, 0.25) is 0 Å². The topological polar surface area (TPSA) is 51.2 Å². The van der Waals surface area contributed by atoms with Crippen molar-refractivity contribution in [2.75, 3.05) is 18.5 Å². The Bertz CT molecular complexity index is 824. The van der Waals surface area contributed by atoms with Gasteiger partial charge in [0.15, 0.2) is 0 Å². The van der Waals surface area contributed by atoms with Gasteiger partial charge in [-0.1, -0.05) is 20.8 Å². The van der Waals surface area contributed by atoms with Crippen LogP contribution in [0.1, 0.15) is 49.3 Å². The molecular formula is C19H23F3N2O2. The minimum Gasteiger partial charge on any atom is -0.461 e. The molecule has 0 aliphatic carbocycles. The van der Waals surface area contributed by atoms with Crippen LogP contribution in [0.15, 0.2) is 18.2 Å². The van der Waals surface area contributed by atoms with Crippen LogP contribution < -0.4 is 5.32 Å². The number of nitrogens with one attached hydrogen (secondary N) is 1. The number of carbonyl (C=O) groups is 1. The zero-order chi connectivity index (χ0) is 19.7. The highest BCUT2D eigenvalue weighted by molar-refractivity contribution is 5.95. The summed E-state index contributed by atoms with van der Waals surface area (Å²) in [6.45, 7) is 8.48. The summed E-state index contributed by atoms with van der Waals surface area (Å²) in [7, 11) is 0. The second-order valence-electron chi connectivity index (χ2n) is 7.18. The van der Waals surface area contributed by atoms with Gasteiger partial charge in [0.25, 0.3) is 0 Å². The summed E-state index contributed by atoms with van der Waals surface area (Å²) in [6, 6.07) is 4.89. The third-order valence-electron chi connectivity index (χ3n) is 3.91.